The zero-order chi connectivity index (χ0) is 23.4. The van der Waals surface area contributed by atoms with Crippen molar-refractivity contribution in [2.45, 2.75) is 26.0 Å². The van der Waals surface area contributed by atoms with Crippen molar-refractivity contribution in [3.8, 4) is 5.75 Å². The molecule has 2 N–H and O–H groups in total. The zero-order valence-electron chi connectivity index (χ0n) is 18.3. The minimum Gasteiger partial charge on any atom is -0.489 e. The summed E-state index contributed by atoms with van der Waals surface area (Å²) in [5.41, 5.74) is 3.08. The molecule has 0 saturated carbocycles. The van der Waals surface area contributed by atoms with Crippen LogP contribution in [0.5, 0.6) is 5.75 Å². The molecule has 3 rings (SSSR count). The molecule has 0 aliphatic rings. The molecular formula is C25H29NO5S. The molecule has 0 bridgehead atoms. The van der Waals surface area contributed by atoms with Gasteiger partial charge in [-0.05, 0) is 55.3 Å². The number of hydrogen-bond acceptors (Lipinski definition) is 5. The van der Waals surface area contributed by atoms with E-state index < -0.39 is 10.1 Å². The zero-order valence-corrected chi connectivity index (χ0v) is 19.1. The van der Waals surface area contributed by atoms with E-state index in [1.165, 1.54) is 5.56 Å². The van der Waals surface area contributed by atoms with Crippen molar-refractivity contribution in [1.29, 1.82) is 0 Å². The number of rotatable bonds is 9. The van der Waals surface area contributed by atoms with Crippen LogP contribution in [0.15, 0.2) is 84.9 Å². The first-order valence-electron chi connectivity index (χ1n) is 10.2. The van der Waals surface area contributed by atoms with Gasteiger partial charge in [0.15, 0.2) is 5.78 Å². The minimum absolute atomic E-state index is 0.0951. The number of nitrogens with one attached hydrogen (secondary N) is 1. The maximum atomic E-state index is 12.6. The Morgan fingerprint density at radius 1 is 0.906 bits per heavy atom. The lowest BCUT2D eigenvalue weighted by Crippen LogP contribution is -2.35. The summed E-state index contributed by atoms with van der Waals surface area (Å²) in [6.07, 6.45) is 1.62. The Bertz CT molecular complexity index is 1040. The van der Waals surface area contributed by atoms with E-state index >= 15 is 0 Å². The van der Waals surface area contributed by atoms with Crippen molar-refractivity contribution in [1.82, 2.24) is 5.32 Å². The Morgan fingerprint density at radius 3 is 1.94 bits per heavy atom. The van der Waals surface area contributed by atoms with Crippen LogP contribution in [0.25, 0.3) is 0 Å². The first kappa shape index (κ1) is 25.3. The summed E-state index contributed by atoms with van der Waals surface area (Å²) in [6, 6.07) is 27.5. The van der Waals surface area contributed by atoms with E-state index in [-0.39, 0.29) is 11.8 Å². The van der Waals surface area contributed by atoms with Crippen molar-refractivity contribution in [3.05, 3.63) is 102 Å². The first-order valence-corrected chi connectivity index (χ1v) is 12.1. The monoisotopic (exact) mass is 455 g/mol. The highest BCUT2D eigenvalue weighted by molar-refractivity contribution is 7.85. The molecule has 0 aliphatic heterocycles. The van der Waals surface area contributed by atoms with Gasteiger partial charge >= 0.3 is 0 Å². The lowest BCUT2D eigenvalue weighted by Gasteiger charge is -2.13. The molecule has 6 nitrogen and oxygen atoms in total. The molecule has 1 atom stereocenters. The summed E-state index contributed by atoms with van der Waals surface area (Å²) in [7, 11) is -3.67. The summed E-state index contributed by atoms with van der Waals surface area (Å²) in [4.78, 5) is 12.6. The predicted molar refractivity (Wildman–Crippen MR) is 127 cm³/mol. The average molecular weight is 456 g/mol. The Morgan fingerprint density at radius 2 is 1.41 bits per heavy atom. The Balaban J connectivity index is 0.000000654. The average Bonchev–Trinajstić information content (AvgIpc) is 2.78. The van der Waals surface area contributed by atoms with Crippen LogP contribution < -0.4 is 10.1 Å². The van der Waals surface area contributed by atoms with Crippen LogP contribution in [0.1, 0.15) is 28.4 Å². The highest BCUT2D eigenvalue weighted by Gasteiger charge is 2.14. The number of Topliss-reactive ketones (excluding diaryl/α,β-unsaturated/α-hetero) is 1. The molecule has 0 spiro atoms. The van der Waals surface area contributed by atoms with Gasteiger partial charge in [-0.3, -0.25) is 9.35 Å². The van der Waals surface area contributed by atoms with Gasteiger partial charge in [0.25, 0.3) is 10.1 Å². The molecule has 0 unspecified atom stereocenters. The molecule has 3 aromatic rings. The molecule has 0 aliphatic carbocycles. The van der Waals surface area contributed by atoms with Gasteiger partial charge in [-0.25, -0.2) is 0 Å². The molecule has 0 heterocycles. The summed E-state index contributed by atoms with van der Waals surface area (Å²) >= 11 is 0. The molecule has 0 radical (unpaired) electrons. The van der Waals surface area contributed by atoms with E-state index in [9.17, 15) is 13.2 Å². The minimum atomic E-state index is -3.67. The van der Waals surface area contributed by atoms with Gasteiger partial charge in [-0.2, -0.15) is 8.42 Å². The molecule has 0 saturated heterocycles. The van der Waals surface area contributed by atoms with Gasteiger partial charge in [0.1, 0.15) is 12.4 Å². The largest absolute Gasteiger partial charge is 0.489 e. The number of ketones is 1. The number of hydrogen-bond donors (Lipinski definition) is 2. The van der Waals surface area contributed by atoms with Crippen LogP contribution in [-0.4, -0.2) is 37.6 Å². The fraction of sp³-hybridized carbons (Fsp3) is 0.240. The van der Waals surface area contributed by atoms with Crippen molar-refractivity contribution in [2.75, 3.05) is 12.8 Å². The van der Waals surface area contributed by atoms with E-state index in [0.717, 1.165) is 24.3 Å². The Labute approximate surface area is 190 Å². The smallest absolute Gasteiger partial charge is 0.261 e. The molecule has 7 heteroatoms. The summed E-state index contributed by atoms with van der Waals surface area (Å²) in [6.45, 7) is 3.20. The fourth-order valence-electron chi connectivity index (χ4n) is 2.88. The van der Waals surface area contributed by atoms with E-state index in [1.54, 1.807) is 0 Å². The van der Waals surface area contributed by atoms with Crippen molar-refractivity contribution < 1.29 is 22.5 Å². The molecule has 32 heavy (non-hydrogen) atoms. The predicted octanol–water partition coefficient (Wildman–Crippen LogP) is 4.17. The normalized spacial score (nSPS) is 11.7. The van der Waals surface area contributed by atoms with Gasteiger partial charge < -0.3 is 10.1 Å². The van der Waals surface area contributed by atoms with Crippen LogP contribution in [0, 0.1) is 0 Å². The second-order valence-corrected chi connectivity index (χ2v) is 8.77. The van der Waals surface area contributed by atoms with Gasteiger partial charge in [-0.15, -0.1) is 0 Å². The number of ether oxygens (including phenoxy) is 1. The summed E-state index contributed by atoms with van der Waals surface area (Å²) in [5, 5.41) is 3.31. The lowest BCUT2D eigenvalue weighted by atomic mass is 10.0. The summed E-state index contributed by atoms with van der Waals surface area (Å²) in [5.74, 6) is 0.859. The highest BCUT2D eigenvalue weighted by Crippen LogP contribution is 2.15. The van der Waals surface area contributed by atoms with Crippen LogP contribution in [0.3, 0.4) is 0 Å². The second-order valence-electron chi connectivity index (χ2n) is 7.31. The van der Waals surface area contributed by atoms with Gasteiger partial charge in [0, 0.05) is 5.56 Å². The molecule has 3 aromatic carbocycles. The molecule has 0 fully saturated rings. The first-order chi connectivity index (χ1) is 15.2. The Kier molecular flexibility index (Phi) is 10.1. The van der Waals surface area contributed by atoms with Crippen LogP contribution in [0.2, 0.25) is 0 Å². The topological polar surface area (TPSA) is 92.7 Å². The van der Waals surface area contributed by atoms with Gasteiger partial charge in [0.05, 0.1) is 12.3 Å². The molecule has 0 aromatic heterocycles. The lowest BCUT2D eigenvalue weighted by molar-refractivity contribution is 0.0951. The van der Waals surface area contributed by atoms with Crippen LogP contribution in [0.4, 0.5) is 0 Å². The maximum Gasteiger partial charge on any atom is 0.261 e. The van der Waals surface area contributed by atoms with Crippen molar-refractivity contribution in [2.24, 2.45) is 0 Å². The van der Waals surface area contributed by atoms with E-state index in [0.29, 0.717) is 18.4 Å². The Hall–Kier alpha value is -3.00. The quantitative estimate of drug-likeness (QED) is 0.372. The van der Waals surface area contributed by atoms with Crippen LogP contribution in [-0.2, 0) is 23.1 Å². The molecule has 0 amide bonds. The van der Waals surface area contributed by atoms with Crippen molar-refractivity contribution >= 4 is 15.9 Å². The van der Waals surface area contributed by atoms with E-state index in [4.69, 9.17) is 9.29 Å². The standard InChI is InChI=1S/C24H25NO2.CH4O3S/c1-19(25-17-16-20-8-4-2-5-9-20)24(26)22-12-14-23(15-13-22)27-18-21-10-6-3-7-11-21;1-5(2,3)4/h2-15,19,25H,16-18H2,1H3;1H3,(H,2,3,4)/t19-;/m0./s1. The van der Waals surface area contributed by atoms with Crippen LogP contribution >= 0.6 is 0 Å². The number of carbonyl (C=O) groups is 1. The third-order valence-electron chi connectivity index (χ3n) is 4.49. The maximum absolute atomic E-state index is 12.6. The van der Waals surface area contributed by atoms with E-state index in [2.05, 4.69) is 17.4 Å². The highest BCUT2D eigenvalue weighted by atomic mass is 32.2. The SMILES string of the molecule is CS(=O)(=O)O.C[C@H](NCCc1ccccc1)C(=O)c1ccc(OCc2ccccc2)cc1. The second kappa shape index (κ2) is 12.8. The van der Waals surface area contributed by atoms with Crippen molar-refractivity contribution in [3.63, 3.8) is 0 Å². The molecular weight excluding hydrogens is 426 g/mol. The third-order valence-corrected chi connectivity index (χ3v) is 4.49. The summed E-state index contributed by atoms with van der Waals surface area (Å²) < 4.78 is 31.6. The number of carbonyl (C=O) groups excluding carboxylic acids is 1. The van der Waals surface area contributed by atoms with E-state index in [1.807, 2.05) is 79.7 Å². The fourth-order valence-corrected chi connectivity index (χ4v) is 2.88. The number of benzene rings is 3. The molecule has 170 valence electrons. The van der Waals surface area contributed by atoms with Gasteiger partial charge in [-0.1, -0.05) is 60.7 Å². The van der Waals surface area contributed by atoms with Gasteiger partial charge in [0.2, 0.25) is 0 Å². The third kappa shape index (κ3) is 10.3.